The van der Waals surface area contributed by atoms with E-state index in [2.05, 4.69) is 4.90 Å². The Labute approximate surface area is 106 Å². The lowest BCUT2D eigenvalue weighted by Crippen LogP contribution is -2.18. The van der Waals surface area contributed by atoms with E-state index in [1.54, 1.807) is 19.2 Å². The molecule has 1 saturated heterocycles. The maximum Gasteiger partial charge on any atom is 0.252 e. The van der Waals surface area contributed by atoms with Gasteiger partial charge in [-0.25, -0.2) is 0 Å². The molecular weight excluding hydrogens is 238 g/mol. The first-order chi connectivity index (χ1) is 8.20. The Bertz CT molecular complexity index is 414. The lowest BCUT2D eigenvalue weighted by Gasteiger charge is -2.17. The zero-order chi connectivity index (χ0) is 12.3. The number of nitrogens with zero attached hydrogens (tertiary/aromatic N) is 1. The summed E-state index contributed by atoms with van der Waals surface area (Å²) in [4.78, 5) is 13.5. The van der Waals surface area contributed by atoms with Crippen molar-refractivity contribution in [3.63, 3.8) is 0 Å². The van der Waals surface area contributed by atoms with Gasteiger partial charge in [0, 0.05) is 17.7 Å². The Balaban J connectivity index is 2.18. The molecule has 1 aliphatic heterocycles. The van der Waals surface area contributed by atoms with Crippen molar-refractivity contribution in [2.24, 2.45) is 0 Å². The summed E-state index contributed by atoms with van der Waals surface area (Å²) in [5.74, 6) is 0.739. The average Bonchev–Trinajstić information content (AvgIpc) is 2.82. The molecule has 0 aliphatic carbocycles. The monoisotopic (exact) mass is 253 g/mol. The minimum absolute atomic E-state index is 0.448. The van der Waals surface area contributed by atoms with Crippen LogP contribution in [0.2, 0.25) is 0 Å². The van der Waals surface area contributed by atoms with E-state index < -0.39 is 5.24 Å². The quantitative estimate of drug-likeness (QED) is 0.773. The summed E-state index contributed by atoms with van der Waals surface area (Å²) in [6, 6.07) is 5.39. The van der Waals surface area contributed by atoms with Crippen LogP contribution in [0, 0.1) is 0 Å². The van der Waals surface area contributed by atoms with Crippen molar-refractivity contribution in [2.45, 2.75) is 19.4 Å². The van der Waals surface area contributed by atoms with Gasteiger partial charge in [-0.1, -0.05) is 6.07 Å². The number of hydrogen-bond acceptors (Lipinski definition) is 3. The molecule has 0 spiro atoms. The highest BCUT2D eigenvalue weighted by molar-refractivity contribution is 6.67. The standard InChI is InChI=1S/C13H16ClNO2/c1-17-12-8-10(13(14)16)4-5-11(12)9-15-6-2-3-7-15/h4-5,8H,2-3,6-7,9H2,1H3. The summed E-state index contributed by atoms with van der Waals surface area (Å²) in [6.45, 7) is 3.15. The van der Waals surface area contributed by atoms with Gasteiger partial charge in [0.25, 0.3) is 5.24 Å². The molecule has 17 heavy (non-hydrogen) atoms. The van der Waals surface area contributed by atoms with Gasteiger partial charge in [-0.3, -0.25) is 9.69 Å². The lowest BCUT2D eigenvalue weighted by molar-refractivity contribution is 0.108. The predicted octanol–water partition coefficient (Wildman–Crippen LogP) is 2.67. The van der Waals surface area contributed by atoms with Crippen LogP contribution >= 0.6 is 11.6 Å². The summed E-state index contributed by atoms with van der Waals surface area (Å²) in [5.41, 5.74) is 1.59. The van der Waals surface area contributed by atoms with Gasteiger partial charge < -0.3 is 4.74 Å². The second kappa shape index (κ2) is 5.52. The molecule has 3 nitrogen and oxygen atoms in total. The number of likely N-dealkylation sites (tertiary alicyclic amines) is 1. The lowest BCUT2D eigenvalue weighted by atomic mass is 10.1. The number of hydrogen-bond donors (Lipinski definition) is 0. The highest BCUT2D eigenvalue weighted by atomic mass is 35.5. The molecular formula is C13H16ClNO2. The first-order valence-corrected chi connectivity index (χ1v) is 6.17. The molecule has 0 aromatic heterocycles. The number of rotatable bonds is 4. The SMILES string of the molecule is COc1cc(C(=O)Cl)ccc1CN1CCCC1. The smallest absolute Gasteiger partial charge is 0.252 e. The van der Waals surface area contributed by atoms with E-state index in [1.165, 1.54) is 12.8 Å². The van der Waals surface area contributed by atoms with Crippen LogP contribution in [-0.2, 0) is 6.54 Å². The molecule has 0 atom stereocenters. The molecule has 0 unspecified atom stereocenters. The topological polar surface area (TPSA) is 29.5 Å². The predicted molar refractivity (Wildman–Crippen MR) is 67.7 cm³/mol. The normalized spacial score (nSPS) is 16.1. The maximum absolute atomic E-state index is 11.1. The number of methoxy groups -OCH3 is 1. The van der Waals surface area contributed by atoms with E-state index in [4.69, 9.17) is 16.3 Å². The van der Waals surface area contributed by atoms with E-state index in [9.17, 15) is 4.79 Å². The Morgan fingerprint density at radius 1 is 1.41 bits per heavy atom. The summed E-state index contributed by atoms with van der Waals surface area (Å²) in [6.07, 6.45) is 2.53. The van der Waals surface area contributed by atoms with E-state index in [-0.39, 0.29) is 0 Å². The van der Waals surface area contributed by atoms with Crippen LogP contribution in [-0.4, -0.2) is 30.3 Å². The van der Waals surface area contributed by atoms with Gasteiger partial charge in [-0.15, -0.1) is 0 Å². The van der Waals surface area contributed by atoms with Crippen LogP contribution in [0.5, 0.6) is 5.75 Å². The summed E-state index contributed by atoms with van der Waals surface area (Å²) in [7, 11) is 1.62. The van der Waals surface area contributed by atoms with Gasteiger partial charge in [0.1, 0.15) is 5.75 Å². The molecule has 92 valence electrons. The van der Waals surface area contributed by atoms with Crippen molar-refractivity contribution in [3.05, 3.63) is 29.3 Å². The molecule has 0 saturated carbocycles. The molecule has 1 fully saturated rings. The van der Waals surface area contributed by atoms with Crippen LogP contribution in [0.1, 0.15) is 28.8 Å². The fourth-order valence-electron chi connectivity index (χ4n) is 2.18. The van der Waals surface area contributed by atoms with E-state index in [0.29, 0.717) is 5.56 Å². The first-order valence-electron chi connectivity index (χ1n) is 5.80. The molecule has 1 aromatic rings. The fourth-order valence-corrected chi connectivity index (χ4v) is 2.30. The molecule has 0 bridgehead atoms. The number of halogens is 1. The number of carbonyl (C=O) groups excluding carboxylic acids is 1. The molecule has 1 heterocycles. The molecule has 0 radical (unpaired) electrons. The number of ether oxygens (including phenoxy) is 1. The maximum atomic E-state index is 11.1. The van der Waals surface area contributed by atoms with E-state index in [0.717, 1.165) is 30.9 Å². The highest BCUT2D eigenvalue weighted by Crippen LogP contribution is 2.24. The number of benzene rings is 1. The largest absolute Gasteiger partial charge is 0.496 e. The Hall–Kier alpha value is -1.06. The number of carbonyl (C=O) groups is 1. The highest BCUT2D eigenvalue weighted by Gasteiger charge is 2.15. The third kappa shape index (κ3) is 2.99. The van der Waals surface area contributed by atoms with Crippen molar-refractivity contribution < 1.29 is 9.53 Å². The minimum Gasteiger partial charge on any atom is -0.496 e. The molecule has 1 aliphatic rings. The molecule has 4 heteroatoms. The summed E-state index contributed by atoms with van der Waals surface area (Å²) < 4.78 is 5.31. The molecule has 1 aromatic carbocycles. The Kier molecular flexibility index (Phi) is 4.02. The Morgan fingerprint density at radius 2 is 2.12 bits per heavy atom. The second-order valence-corrected chi connectivity index (χ2v) is 4.63. The second-order valence-electron chi connectivity index (χ2n) is 4.28. The van der Waals surface area contributed by atoms with Gasteiger partial charge in [-0.2, -0.15) is 0 Å². The van der Waals surface area contributed by atoms with Crippen molar-refractivity contribution in [1.29, 1.82) is 0 Å². The average molecular weight is 254 g/mol. The van der Waals surface area contributed by atoms with Crippen LogP contribution in [0.15, 0.2) is 18.2 Å². The Morgan fingerprint density at radius 3 is 2.71 bits per heavy atom. The van der Waals surface area contributed by atoms with E-state index >= 15 is 0 Å². The van der Waals surface area contributed by atoms with E-state index in [1.807, 2.05) is 6.07 Å². The van der Waals surface area contributed by atoms with Gasteiger partial charge in [-0.05, 0) is 49.7 Å². The van der Waals surface area contributed by atoms with Crippen LogP contribution in [0.3, 0.4) is 0 Å². The van der Waals surface area contributed by atoms with Crippen LogP contribution < -0.4 is 4.74 Å². The van der Waals surface area contributed by atoms with Crippen molar-refractivity contribution in [2.75, 3.05) is 20.2 Å². The molecule has 0 amide bonds. The van der Waals surface area contributed by atoms with Crippen LogP contribution in [0.25, 0.3) is 0 Å². The van der Waals surface area contributed by atoms with Gasteiger partial charge in [0.05, 0.1) is 7.11 Å². The van der Waals surface area contributed by atoms with Crippen LogP contribution in [0.4, 0.5) is 0 Å². The van der Waals surface area contributed by atoms with Crippen molar-refractivity contribution in [1.82, 2.24) is 4.90 Å². The third-order valence-electron chi connectivity index (χ3n) is 3.11. The molecule has 2 rings (SSSR count). The van der Waals surface area contributed by atoms with Gasteiger partial charge in [0.15, 0.2) is 0 Å². The zero-order valence-corrected chi connectivity index (χ0v) is 10.7. The van der Waals surface area contributed by atoms with Crippen molar-refractivity contribution >= 4 is 16.8 Å². The van der Waals surface area contributed by atoms with Gasteiger partial charge >= 0.3 is 0 Å². The summed E-state index contributed by atoms with van der Waals surface area (Å²) >= 11 is 5.45. The first kappa shape index (κ1) is 12.4. The molecule has 0 N–H and O–H groups in total. The minimum atomic E-state index is -0.448. The zero-order valence-electron chi connectivity index (χ0n) is 9.91. The third-order valence-corrected chi connectivity index (χ3v) is 3.32. The summed E-state index contributed by atoms with van der Waals surface area (Å²) in [5, 5.41) is -0.448. The fraction of sp³-hybridized carbons (Fsp3) is 0.462. The van der Waals surface area contributed by atoms with Gasteiger partial charge in [0.2, 0.25) is 0 Å². The van der Waals surface area contributed by atoms with Crippen molar-refractivity contribution in [3.8, 4) is 5.75 Å².